The second-order valence-electron chi connectivity index (χ2n) is 7.68. The number of nitrogens with zero attached hydrogens (tertiary/aromatic N) is 2. The Morgan fingerprint density at radius 1 is 1.15 bits per heavy atom. The molecule has 0 aromatic carbocycles. The predicted octanol–water partition coefficient (Wildman–Crippen LogP) is 6.06. The fourth-order valence-electron chi connectivity index (χ4n) is 3.48. The van der Waals surface area contributed by atoms with Crippen LogP contribution in [0, 0.1) is 12.8 Å². The van der Waals surface area contributed by atoms with Crippen LogP contribution in [0.5, 0.6) is 0 Å². The van der Waals surface area contributed by atoms with Crippen molar-refractivity contribution in [3.05, 3.63) is 17.5 Å². The first-order valence-corrected chi connectivity index (χ1v) is 10.9. The van der Waals surface area contributed by atoms with Gasteiger partial charge in [0.05, 0.1) is 6.04 Å². The summed E-state index contributed by atoms with van der Waals surface area (Å²) in [6.07, 6.45) is 12.4. The van der Waals surface area contributed by atoms with Gasteiger partial charge in [-0.15, -0.1) is 0 Å². The van der Waals surface area contributed by atoms with Crippen LogP contribution in [0.2, 0.25) is 0 Å². The summed E-state index contributed by atoms with van der Waals surface area (Å²) < 4.78 is 2.08. The van der Waals surface area contributed by atoms with Crippen LogP contribution in [0.4, 0.5) is 0 Å². The van der Waals surface area contributed by atoms with Gasteiger partial charge in [0, 0.05) is 12.2 Å². The number of nitrogens with one attached hydrogen (secondary N) is 1. The average molecular weight is 364 g/mol. The molecule has 1 aliphatic rings. The molecule has 1 saturated carbocycles. The highest BCUT2D eigenvalue weighted by Gasteiger charge is 2.20. The summed E-state index contributed by atoms with van der Waals surface area (Å²) in [5.74, 6) is 0.558. The minimum absolute atomic E-state index is 0.0211. The van der Waals surface area contributed by atoms with Crippen molar-refractivity contribution in [1.82, 2.24) is 15.1 Å². The van der Waals surface area contributed by atoms with E-state index >= 15 is 0 Å². The van der Waals surface area contributed by atoms with Crippen molar-refractivity contribution in [2.75, 3.05) is 6.54 Å². The zero-order valence-electron chi connectivity index (χ0n) is 17.8. The summed E-state index contributed by atoms with van der Waals surface area (Å²) in [6.45, 7) is 11.6. The predicted molar refractivity (Wildman–Crippen MR) is 111 cm³/mol. The standard InChI is InChI=1S/C18H31N3O.C4H10/c1-4-9-15(5-2)13-19-18(22)17-12-14(3)21(20-17)16-10-7-6-8-11-16;1-3-4-2/h12,15-16H,4-11,13H2,1-3H3,(H,19,22);3-4H2,1-2H3. The largest absolute Gasteiger partial charge is 0.350 e. The molecule has 26 heavy (non-hydrogen) atoms. The number of carbonyl (C=O) groups excluding carboxylic acids is 1. The first kappa shape index (κ1) is 22.7. The Bertz CT molecular complexity index is 501. The second kappa shape index (κ2) is 12.9. The van der Waals surface area contributed by atoms with Crippen LogP contribution < -0.4 is 5.32 Å². The number of unbranched alkanes of at least 4 members (excludes halogenated alkanes) is 1. The van der Waals surface area contributed by atoms with Crippen molar-refractivity contribution in [3.63, 3.8) is 0 Å². The molecular formula is C22H41N3O. The van der Waals surface area contributed by atoms with Gasteiger partial charge in [0.2, 0.25) is 0 Å². The van der Waals surface area contributed by atoms with E-state index in [0.717, 1.165) is 18.7 Å². The van der Waals surface area contributed by atoms with Crippen LogP contribution in [0.1, 0.15) is 114 Å². The van der Waals surface area contributed by atoms with Crippen LogP contribution >= 0.6 is 0 Å². The van der Waals surface area contributed by atoms with E-state index in [4.69, 9.17) is 0 Å². The van der Waals surface area contributed by atoms with Gasteiger partial charge in [-0.05, 0) is 38.2 Å². The molecule has 1 unspecified atom stereocenters. The number of hydrogen-bond donors (Lipinski definition) is 1. The minimum atomic E-state index is -0.0211. The van der Waals surface area contributed by atoms with E-state index in [0.29, 0.717) is 17.7 Å². The molecular weight excluding hydrogens is 322 g/mol. The summed E-state index contributed by atoms with van der Waals surface area (Å²) >= 11 is 0. The summed E-state index contributed by atoms with van der Waals surface area (Å²) in [5, 5.41) is 7.65. The van der Waals surface area contributed by atoms with E-state index in [9.17, 15) is 4.79 Å². The van der Waals surface area contributed by atoms with E-state index in [1.807, 2.05) is 6.07 Å². The second-order valence-corrected chi connectivity index (χ2v) is 7.68. The van der Waals surface area contributed by atoms with Gasteiger partial charge in [-0.3, -0.25) is 9.48 Å². The number of aromatic nitrogens is 2. The molecule has 1 aromatic rings. The molecule has 1 aliphatic carbocycles. The Balaban J connectivity index is 0.000000765. The zero-order valence-corrected chi connectivity index (χ0v) is 17.8. The molecule has 0 spiro atoms. The first-order valence-electron chi connectivity index (χ1n) is 10.9. The molecule has 0 aliphatic heterocycles. The Labute approximate surface area is 161 Å². The van der Waals surface area contributed by atoms with E-state index < -0.39 is 0 Å². The molecule has 1 aromatic heterocycles. The first-order chi connectivity index (χ1) is 12.6. The maximum atomic E-state index is 12.3. The molecule has 1 heterocycles. The molecule has 1 atom stereocenters. The summed E-state index contributed by atoms with van der Waals surface area (Å²) in [5.41, 5.74) is 1.69. The Kier molecular flexibility index (Phi) is 11.3. The lowest BCUT2D eigenvalue weighted by Gasteiger charge is -2.23. The van der Waals surface area contributed by atoms with Crippen LogP contribution in [-0.4, -0.2) is 22.2 Å². The third kappa shape index (κ3) is 7.51. The molecule has 1 amide bonds. The Morgan fingerprint density at radius 3 is 2.35 bits per heavy atom. The highest BCUT2D eigenvalue weighted by molar-refractivity contribution is 5.92. The van der Waals surface area contributed by atoms with Crippen molar-refractivity contribution >= 4 is 5.91 Å². The van der Waals surface area contributed by atoms with Gasteiger partial charge in [-0.25, -0.2) is 0 Å². The lowest BCUT2D eigenvalue weighted by Crippen LogP contribution is -2.29. The van der Waals surface area contributed by atoms with Crippen LogP contribution in [0.3, 0.4) is 0 Å². The van der Waals surface area contributed by atoms with Gasteiger partial charge in [0.25, 0.3) is 5.91 Å². The van der Waals surface area contributed by atoms with Crippen molar-refractivity contribution in [1.29, 1.82) is 0 Å². The van der Waals surface area contributed by atoms with Crippen LogP contribution in [0.25, 0.3) is 0 Å². The van der Waals surface area contributed by atoms with E-state index in [2.05, 4.69) is 49.7 Å². The monoisotopic (exact) mass is 363 g/mol. The molecule has 4 nitrogen and oxygen atoms in total. The average Bonchev–Trinajstić information content (AvgIpc) is 3.07. The number of carbonyl (C=O) groups is 1. The maximum absolute atomic E-state index is 12.3. The molecule has 4 heteroatoms. The van der Waals surface area contributed by atoms with E-state index in [1.54, 1.807) is 0 Å². The molecule has 0 bridgehead atoms. The van der Waals surface area contributed by atoms with Gasteiger partial charge in [-0.2, -0.15) is 5.10 Å². The fourth-order valence-corrected chi connectivity index (χ4v) is 3.48. The number of aryl methyl sites for hydroxylation is 1. The quantitative estimate of drug-likeness (QED) is 0.610. The molecule has 1 fully saturated rings. The minimum Gasteiger partial charge on any atom is -0.350 e. The molecule has 150 valence electrons. The van der Waals surface area contributed by atoms with Crippen LogP contribution in [0.15, 0.2) is 6.07 Å². The van der Waals surface area contributed by atoms with Gasteiger partial charge in [0.1, 0.15) is 5.69 Å². The highest BCUT2D eigenvalue weighted by atomic mass is 16.1. The highest BCUT2D eigenvalue weighted by Crippen LogP contribution is 2.28. The van der Waals surface area contributed by atoms with E-state index in [-0.39, 0.29) is 5.91 Å². The summed E-state index contributed by atoms with van der Waals surface area (Å²) in [6, 6.07) is 2.42. The lowest BCUT2D eigenvalue weighted by atomic mass is 9.95. The number of amides is 1. The van der Waals surface area contributed by atoms with Crippen molar-refractivity contribution in [3.8, 4) is 0 Å². The topological polar surface area (TPSA) is 46.9 Å². The third-order valence-corrected chi connectivity index (χ3v) is 5.40. The van der Waals surface area contributed by atoms with Crippen LogP contribution in [-0.2, 0) is 0 Å². The van der Waals surface area contributed by atoms with E-state index in [1.165, 1.54) is 57.8 Å². The van der Waals surface area contributed by atoms with Crippen molar-refractivity contribution in [2.24, 2.45) is 5.92 Å². The molecule has 2 rings (SSSR count). The van der Waals surface area contributed by atoms with Gasteiger partial charge in [-0.1, -0.05) is 72.6 Å². The van der Waals surface area contributed by atoms with Crippen molar-refractivity contribution < 1.29 is 4.79 Å². The fraction of sp³-hybridized carbons (Fsp3) is 0.818. The van der Waals surface area contributed by atoms with Gasteiger partial charge in [0.15, 0.2) is 0 Å². The number of hydrogen-bond acceptors (Lipinski definition) is 2. The number of rotatable bonds is 8. The Hall–Kier alpha value is -1.32. The summed E-state index contributed by atoms with van der Waals surface area (Å²) in [4.78, 5) is 12.3. The van der Waals surface area contributed by atoms with Gasteiger partial charge >= 0.3 is 0 Å². The lowest BCUT2D eigenvalue weighted by molar-refractivity contribution is 0.0939. The molecule has 1 N–H and O–H groups in total. The normalized spacial score (nSPS) is 15.9. The maximum Gasteiger partial charge on any atom is 0.271 e. The molecule has 0 radical (unpaired) electrons. The molecule has 0 saturated heterocycles. The third-order valence-electron chi connectivity index (χ3n) is 5.40. The Morgan fingerprint density at radius 2 is 1.81 bits per heavy atom. The van der Waals surface area contributed by atoms with Gasteiger partial charge < -0.3 is 5.32 Å². The smallest absolute Gasteiger partial charge is 0.271 e. The van der Waals surface area contributed by atoms with Crippen molar-refractivity contribution in [2.45, 2.75) is 105 Å². The SMILES string of the molecule is CCCC.CCCC(CC)CNC(=O)c1cc(C)n(C2CCCCC2)n1. The zero-order chi connectivity index (χ0) is 19.4. The summed E-state index contributed by atoms with van der Waals surface area (Å²) in [7, 11) is 0.